The molecule has 2 heteroatoms. The van der Waals surface area contributed by atoms with Crippen LogP contribution >= 0.6 is 0 Å². The summed E-state index contributed by atoms with van der Waals surface area (Å²) in [5.41, 5.74) is 6.80. The number of nitrogens with two attached hydrogens (primary N) is 1. The molecule has 1 aliphatic carbocycles. The molecule has 0 heterocycles. The molecule has 0 bridgehead atoms. The highest BCUT2D eigenvalue weighted by atomic mass is 15.2. The third-order valence-electron chi connectivity index (χ3n) is 4.81. The Hall–Kier alpha value is -0.0800. The molecule has 0 radical (unpaired) electrons. The Labute approximate surface area is 108 Å². The monoisotopic (exact) mass is 240 g/mol. The van der Waals surface area contributed by atoms with Crippen LogP contribution in [-0.4, -0.2) is 30.1 Å². The van der Waals surface area contributed by atoms with Crippen molar-refractivity contribution < 1.29 is 0 Å². The van der Waals surface area contributed by atoms with Crippen LogP contribution in [0.1, 0.15) is 60.3 Å². The summed E-state index contributed by atoms with van der Waals surface area (Å²) in [5.74, 6) is 0.719. The average Bonchev–Trinajstić information content (AvgIpc) is 2.26. The van der Waals surface area contributed by atoms with Crippen molar-refractivity contribution in [1.29, 1.82) is 0 Å². The molecule has 2 N–H and O–H groups in total. The first-order chi connectivity index (χ1) is 7.89. The van der Waals surface area contributed by atoms with Gasteiger partial charge in [0.15, 0.2) is 0 Å². The molecule has 102 valence electrons. The van der Waals surface area contributed by atoms with E-state index in [-0.39, 0.29) is 5.54 Å². The molecule has 1 rings (SSSR count). The van der Waals surface area contributed by atoms with Crippen LogP contribution in [0.4, 0.5) is 0 Å². The summed E-state index contributed by atoms with van der Waals surface area (Å²) in [7, 11) is 0. The normalized spacial score (nSPS) is 28.9. The lowest BCUT2D eigenvalue weighted by molar-refractivity contribution is -0.0467. The molecule has 1 unspecified atom stereocenters. The predicted octanol–water partition coefficient (Wildman–Crippen LogP) is 3.26. The molecular weight excluding hydrogens is 208 g/mol. The summed E-state index contributed by atoms with van der Waals surface area (Å²) in [6, 6.07) is 0. The minimum absolute atomic E-state index is 0.226. The Bertz CT molecular complexity index is 235. The van der Waals surface area contributed by atoms with Gasteiger partial charge in [0.05, 0.1) is 0 Å². The van der Waals surface area contributed by atoms with Gasteiger partial charge in [-0.2, -0.15) is 0 Å². The standard InChI is InChI=1S/C15H32N2/c1-6-17(11-13(2)3)15(12-16)10-8-7-9-14(15,4)5/h13H,6-12,16H2,1-5H3. The maximum absolute atomic E-state index is 6.22. The van der Waals surface area contributed by atoms with Crippen molar-refractivity contribution in [2.45, 2.75) is 65.8 Å². The quantitative estimate of drug-likeness (QED) is 0.799. The van der Waals surface area contributed by atoms with Crippen LogP contribution in [0.15, 0.2) is 0 Å². The Morgan fingerprint density at radius 3 is 2.18 bits per heavy atom. The number of hydrogen-bond donors (Lipinski definition) is 1. The van der Waals surface area contributed by atoms with E-state index in [1.807, 2.05) is 0 Å². The van der Waals surface area contributed by atoms with Gasteiger partial charge < -0.3 is 5.73 Å². The Morgan fingerprint density at radius 2 is 1.76 bits per heavy atom. The highest BCUT2D eigenvalue weighted by molar-refractivity contribution is 5.05. The van der Waals surface area contributed by atoms with Crippen LogP contribution in [-0.2, 0) is 0 Å². The molecule has 0 aromatic rings. The summed E-state index contributed by atoms with van der Waals surface area (Å²) in [6.07, 6.45) is 5.30. The van der Waals surface area contributed by atoms with E-state index < -0.39 is 0 Å². The summed E-state index contributed by atoms with van der Waals surface area (Å²) in [6.45, 7) is 14.8. The van der Waals surface area contributed by atoms with Crippen LogP contribution in [0, 0.1) is 11.3 Å². The highest BCUT2D eigenvalue weighted by Crippen LogP contribution is 2.47. The fourth-order valence-corrected chi connectivity index (χ4v) is 3.70. The number of likely N-dealkylation sites (N-methyl/N-ethyl adjacent to an activating group) is 1. The van der Waals surface area contributed by atoms with Crippen LogP contribution < -0.4 is 5.73 Å². The summed E-state index contributed by atoms with van der Waals surface area (Å²) >= 11 is 0. The summed E-state index contributed by atoms with van der Waals surface area (Å²) in [5, 5.41) is 0. The van der Waals surface area contributed by atoms with Gasteiger partial charge in [-0.25, -0.2) is 0 Å². The molecule has 1 saturated carbocycles. The van der Waals surface area contributed by atoms with Crippen LogP contribution in [0.2, 0.25) is 0 Å². The predicted molar refractivity (Wildman–Crippen MR) is 76.1 cm³/mol. The second-order valence-corrected chi connectivity index (χ2v) is 6.76. The van der Waals surface area contributed by atoms with Crippen molar-refractivity contribution >= 4 is 0 Å². The maximum atomic E-state index is 6.22. The Kier molecular flexibility index (Phi) is 5.03. The van der Waals surface area contributed by atoms with Gasteiger partial charge in [0.25, 0.3) is 0 Å². The molecule has 0 aliphatic heterocycles. The topological polar surface area (TPSA) is 29.3 Å². The van der Waals surface area contributed by atoms with Gasteiger partial charge in [-0.1, -0.05) is 47.5 Å². The van der Waals surface area contributed by atoms with Crippen LogP contribution in [0.25, 0.3) is 0 Å². The van der Waals surface area contributed by atoms with Gasteiger partial charge >= 0.3 is 0 Å². The van der Waals surface area contributed by atoms with E-state index in [1.54, 1.807) is 0 Å². The highest BCUT2D eigenvalue weighted by Gasteiger charge is 2.48. The molecule has 1 atom stereocenters. The molecule has 0 saturated heterocycles. The Balaban J connectivity index is 2.97. The van der Waals surface area contributed by atoms with Crippen LogP contribution in [0.3, 0.4) is 0 Å². The fraction of sp³-hybridized carbons (Fsp3) is 1.00. The van der Waals surface area contributed by atoms with Gasteiger partial charge in [0.2, 0.25) is 0 Å². The minimum atomic E-state index is 0.226. The van der Waals surface area contributed by atoms with E-state index in [2.05, 4.69) is 39.5 Å². The van der Waals surface area contributed by atoms with Crippen molar-refractivity contribution in [3.63, 3.8) is 0 Å². The van der Waals surface area contributed by atoms with E-state index in [9.17, 15) is 0 Å². The number of hydrogen-bond acceptors (Lipinski definition) is 2. The first-order valence-corrected chi connectivity index (χ1v) is 7.35. The smallest absolute Gasteiger partial charge is 0.0382 e. The fourth-order valence-electron chi connectivity index (χ4n) is 3.70. The van der Waals surface area contributed by atoms with E-state index in [1.165, 1.54) is 32.2 Å². The van der Waals surface area contributed by atoms with Crippen LogP contribution in [0.5, 0.6) is 0 Å². The van der Waals surface area contributed by atoms with Crippen molar-refractivity contribution in [3.8, 4) is 0 Å². The zero-order valence-electron chi connectivity index (χ0n) is 12.6. The first kappa shape index (κ1) is 15.0. The molecule has 2 nitrogen and oxygen atoms in total. The van der Waals surface area contributed by atoms with Crippen molar-refractivity contribution in [3.05, 3.63) is 0 Å². The molecule has 0 aromatic heterocycles. The lowest BCUT2D eigenvalue weighted by atomic mass is 9.62. The van der Waals surface area contributed by atoms with Gasteiger partial charge in [-0.05, 0) is 30.7 Å². The summed E-state index contributed by atoms with van der Waals surface area (Å²) < 4.78 is 0. The van der Waals surface area contributed by atoms with Crippen molar-refractivity contribution in [2.75, 3.05) is 19.6 Å². The molecule has 1 aliphatic rings. The molecule has 0 aromatic carbocycles. The molecule has 0 spiro atoms. The minimum Gasteiger partial charge on any atom is -0.329 e. The van der Waals surface area contributed by atoms with E-state index in [0.717, 1.165) is 19.0 Å². The van der Waals surface area contributed by atoms with E-state index >= 15 is 0 Å². The SMILES string of the molecule is CCN(CC(C)C)C1(CN)CCCCC1(C)C. The third-order valence-corrected chi connectivity index (χ3v) is 4.81. The van der Waals surface area contributed by atoms with Gasteiger partial charge in [0, 0.05) is 18.6 Å². The lowest BCUT2D eigenvalue weighted by Crippen LogP contribution is -2.64. The van der Waals surface area contributed by atoms with E-state index in [0.29, 0.717) is 5.41 Å². The number of rotatable bonds is 5. The largest absolute Gasteiger partial charge is 0.329 e. The zero-order valence-corrected chi connectivity index (χ0v) is 12.6. The average molecular weight is 240 g/mol. The summed E-state index contributed by atoms with van der Waals surface area (Å²) in [4.78, 5) is 2.66. The second kappa shape index (κ2) is 5.71. The van der Waals surface area contributed by atoms with Gasteiger partial charge in [-0.15, -0.1) is 0 Å². The molecular formula is C15H32N2. The van der Waals surface area contributed by atoms with Gasteiger partial charge in [0.1, 0.15) is 0 Å². The van der Waals surface area contributed by atoms with Crippen molar-refractivity contribution in [2.24, 2.45) is 17.1 Å². The zero-order chi connectivity index (χ0) is 13.1. The Morgan fingerprint density at radius 1 is 1.18 bits per heavy atom. The molecule has 0 amide bonds. The van der Waals surface area contributed by atoms with E-state index in [4.69, 9.17) is 5.73 Å². The third kappa shape index (κ3) is 2.85. The molecule has 17 heavy (non-hydrogen) atoms. The van der Waals surface area contributed by atoms with Crippen molar-refractivity contribution in [1.82, 2.24) is 4.90 Å². The lowest BCUT2D eigenvalue weighted by Gasteiger charge is -2.56. The first-order valence-electron chi connectivity index (χ1n) is 7.35. The second-order valence-electron chi connectivity index (χ2n) is 6.76. The maximum Gasteiger partial charge on any atom is 0.0382 e. The molecule has 1 fully saturated rings. The number of nitrogens with zero attached hydrogens (tertiary/aromatic N) is 1. The van der Waals surface area contributed by atoms with Gasteiger partial charge in [-0.3, -0.25) is 4.90 Å².